The quantitative estimate of drug-likeness (QED) is 0.721. The Labute approximate surface area is 152 Å². The van der Waals surface area contributed by atoms with Crippen molar-refractivity contribution in [3.05, 3.63) is 71.1 Å². The van der Waals surface area contributed by atoms with Gasteiger partial charge in [-0.15, -0.1) is 0 Å². The summed E-state index contributed by atoms with van der Waals surface area (Å²) in [6, 6.07) is 12.1. The molecular formula is C19H15F3N2O3. The van der Waals surface area contributed by atoms with Gasteiger partial charge in [0.15, 0.2) is 5.58 Å². The number of rotatable bonds is 4. The summed E-state index contributed by atoms with van der Waals surface area (Å²) in [7, 11) is 0. The molecule has 1 aromatic heterocycles. The Balaban J connectivity index is 2.06. The van der Waals surface area contributed by atoms with Crippen LogP contribution in [0.3, 0.4) is 0 Å². The molecule has 1 amide bonds. The number of nitrogens with zero attached hydrogens (tertiary/aromatic N) is 1. The summed E-state index contributed by atoms with van der Waals surface area (Å²) in [4.78, 5) is 16.4. The summed E-state index contributed by atoms with van der Waals surface area (Å²) in [5, 5.41) is 11.4. The third kappa shape index (κ3) is 4.01. The van der Waals surface area contributed by atoms with Crippen LogP contribution in [0.2, 0.25) is 0 Å². The first-order chi connectivity index (χ1) is 12.8. The van der Waals surface area contributed by atoms with Crippen LogP contribution in [0.25, 0.3) is 16.8 Å². The molecule has 0 aliphatic carbocycles. The smallest absolute Gasteiger partial charge is 0.414 e. The Bertz CT molecular complexity index is 1010. The van der Waals surface area contributed by atoms with Gasteiger partial charge in [-0.25, -0.2) is 4.98 Å². The van der Waals surface area contributed by atoms with Crippen molar-refractivity contribution in [1.29, 1.82) is 0 Å². The third-order valence-corrected chi connectivity index (χ3v) is 3.93. The van der Waals surface area contributed by atoms with Crippen molar-refractivity contribution in [3.63, 3.8) is 0 Å². The van der Waals surface area contributed by atoms with Crippen LogP contribution in [-0.2, 0) is 6.61 Å². The fourth-order valence-corrected chi connectivity index (χ4v) is 2.50. The molecule has 5 nitrogen and oxygen atoms in total. The fraction of sp³-hybridized carbons (Fsp3) is 0.158. The lowest BCUT2D eigenvalue weighted by Gasteiger charge is -2.16. The molecule has 0 unspecified atom stereocenters. The third-order valence-electron chi connectivity index (χ3n) is 3.93. The van der Waals surface area contributed by atoms with Crippen molar-refractivity contribution >= 4 is 22.7 Å². The van der Waals surface area contributed by atoms with Crippen LogP contribution >= 0.6 is 0 Å². The Kier molecular flexibility index (Phi) is 5.00. The second-order valence-electron chi connectivity index (χ2n) is 5.77. The SMILES string of the molecule is C/C(=C(/NC(=O)c1ccccc1)c1ccc2oc(CO)nc2c1)C(F)(F)F. The van der Waals surface area contributed by atoms with E-state index in [1.165, 1.54) is 30.3 Å². The predicted molar refractivity (Wildman–Crippen MR) is 92.5 cm³/mol. The lowest BCUT2D eigenvalue weighted by atomic mass is 10.1. The van der Waals surface area contributed by atoms with Crippen molar-refractivity contribution in [2.75, 3.05) is 0 Å². The number of benzene rings is 2. The first-order valence-corrected chi connectivity index (χ1v) is 7.95. The van der Waals surface area contributed by atoms with Gasteiger partial charge in [0.05, 0.1) is 11.3 Å². The molecule has 3 aromatic rings. The minimum atomic E-state index is -4.63. The molecule has 0 saturated heterocycles. The van der Waals surface area contributed by atoms with Crippen LogP contribution in [-0.4, -0.2) is 22.2 Å². The van der Waals surface area contributed by atoms with E-state index in [0.29, 0.717) is 5.58 Å². The van der Waals surface area contributed by atoms with Gasteiger partial charge < -0.3 is 14.8 Å². The van der Waals surface area contributed by atoms with E-state index in [0.717, 1.165) is 6.92 Å². The number of carbonyl (C=O) groups excluding carboxylic acids is 1. The van der Waals surface area contributed by atoms with Gasteiger partial charge in [-0.05, 0) is 37.3 Å². The van der Waals surface area contributed by atoms with Crippen LogP contribution < -0.4 is 5.32 Å². The van der Waals surface area contributed by atoms with Crippen LogP contribution in [0.5, 0.6) is 0 Å². The van der Waals surface area contributed by atoms with Gasteiger partial charge in [0.1, 0.15) is 12.1 Å². The topological polar surface area (TPSA) is 75.4 Å². The number of carbonyl (C=O) groups is 1. The molecule has 140 valence electrons. The Morgan fingerprint density at radius 3 is 2.48 bits per heavy atom. The van der Waals surface area contributed by atoms with Gasteiger partial charge in [0, 0.05) is 11.1 Å². The predicted octanol–water partition coefficient (Wildman–Crippen LogP) is 4.04. The van der Waals surface area contributed by atoms with Crippen molar-refractivity contribution in [2.45, 2.75) is 19.7 Å². The summed E-state index contributed by atoms with van der Waals surface area (Å²) in [6.07, 6.45) is -4.63. The largest absolute Gasteiger partial charge is 0.438 e. The molecule has 2 aromatic carbocycles. The maximum absolute atomic E-state index is 13.3. The Morgan fingerprint density at radius 2 is 1.85 bits per heavy atom. The fourth-order valence-electron chi connectivity index (χ4n) is 2.50. The monoisotopic (exact) mass is 376 g/mol. The maximum atomic E-state index is 13.3. The van der Waals surface area contributed by atoms with Crippen molar-refractivity contribution in [1.82, 2.24) is 10.3 Å². The molecule has 3 rings (SSSR count). The van der Waals surface area contributed by atoms with E-state index < -0.39 is 24.3 Å². The van der Waals surface area contributed by atoms with E-state index in [1.54, 1.807) is 18.2 Å². The van der Waals surface area contributed by atoms with Gasteiger partial charge in [-0.2, -0.15) is 13.2 Å². The minimum absolute atomic E-state index is 0.0496. The average molecular weight is 376 g/mol. The highest BCUT2D eigenvalue weighted by Gasteiger charge is 2.34. The number of fused-ring (bicyclic) bond motifs is 1. The average Bonchev–Trinajstić information content (AvgIpc) is 3.07. The molecule has 0 saturated carbocycles. The number of nitrogens with one attached hydrogen (secondary N) is 1. The summed E-state index contributed by atoms with van der Waals surface area (Å²) in [5.41, 5.74) is -0.363. The number of allylic oxidation sites excluding steroid dienone is 1. The molecule has 0 aliphatic rings. The lowest BCUT2D eigenvalue weighted by molar-refractivity contribution is -0.0908. The summed E-state index contributed by atoms with van der Waals surface area (Å²) in [5.74, 6) is -0.612. The molecule has 8 heteroatoms. The standard InChI is InChI=1S/C19H15F3N2O3/c1-11(19(20,21)22)17(24-18(26)12-5-3-2-4-6-12)13-7-8-15-14(9-13)23-16(10-25)27-15/h2-9,25H,10H2,1H3,(H,24,26)/b17-11-. The zero-order valence-corrected chi connectivity index (χ0v) is 14.2. The van der Waals surface area contributed by atoms with E-state index in [1.807, 2.05) is 0 Å². The number of aliphatic hydroxyl groups is 1. The number of aliphatic hydroxyl groups excluding tert-OH is 1. The highest BCUT2D eigenvalue weighted by molar-refractivity contribution is 6.00. The minimum Gasteiger partial charge on any atom is -0.438 e. The second kappa shape index (κ2) is 7.24. The van der Waals surface area contributed by atoms with Gasteiger partial charge in [-0.1, -0.05) is 18.2 Å². The van der Waals surface area contributed by atoms with Crippen LogP contribution in [0.1, 0.15) is 28.7 Å². The highest BCUT2D eigenvalue weighted by Crippen LogP contribution is 2.32. The van der Waals surface area contributed by atoms with Gasteiger partial charge >= 0.3 is 6.18 Å². The zero-order chi connectivity index (χ0) is 19.6. The van der Waals surface area contributed by atoms with E-state index in [-0.39, 0.29) is 28.2 Å². The normalized spacial score (nSPS) is 12.8. The number of alkyl halides is 3. The van der Waals surface area contributed by atoms with Crippen LogP contribution in [0.4, 0.5) is 13.2 Å². The number of aromatic nitrogens is 1. The molecule has 27 heavy (non-hydrogen) atoms. The van der Waals surface area contributed by atoms with E-state index >= 15 is 0 Å². The Morgan fingerprint density at radius 1 is 1.15 bits per heavy atom. The van der Waals surface area contributed by atoms with Gasteiger partial charge in [-0.3, -0.25) is 4.79 Å². The Hall–Kier alpha value is -3.13. The zero-order valence-electron chi connectivity index (χ0n) is 14.2. The number of hydrogen-bond acceptors (Lipinski definition) is 4. The molecule has 0 bridgehead atoms. The molecule has 0 atom stereocenters. The van der Waals surface area contributed by atoms with Crippen LogP contribution in [0.15, 0.2) is 58.5 Å². The number of hydrogen-bond donors (Lipinski definition) is 2. The molecule has 0 fully saturated rings. The van der Waals surface area contributed by atoms with Crippen molar-refractivity contribution in [3.8, 4) is 0 Å². The number of halogens is 3. The van der Waals surface area contributed by atoms with Crippen molar-refractivity contribution < 1.29 is 27.5 Å². The molecule has 2 N–H and O–H groups in total. The first-order valence-electron chi connectivity index (χ1n) is 7.95. The van der Waals surface area contributed by atoms with E-state index in [9.17, 15) is 18.0 Å². The molecule has 0 radical (unpaired) electrons. The first kappa shape index (κ1) is 18.7. The van der Waals surface area contributed by atoms with E-state index in [2.05, 4.69) is 10.3 Å². The summed E-state index contributed by atoms with van der Waals surface area (Å²) >= 11 is 0. The summed E-state index contributed by atoms with van der Waals surface area (Å²) in [6.45, 7) is 0.464. The van der Waals surface area contributed by atoms with E-state index in [4.69, 9.17) is 9.52 Å². The molecule has 0 aliphatic heterocycles. The lowest BCUT2D eigenvalue weighted by Crippen LogP contribution is -2.26. The number of oxazole rings is 1. The second-order valence-corrected chi connectivity index (χ2v) is 5.77. The molecule has 0 spiro atoms. The van der Waals surface area contributed by atoms with Gasteiger partial charge in [0.2, 0.25) is 5.89 Å². The van der Waals surface area contributed by atoms with Gasteiger partial charge in [0.25, 0.3) is 5.91 Å². The number of amides is 1. The molecular weight excluding hydrogens is 361 g/mol. The maximum Gasteiger partial charge on any atom is 0.414 e. The van der Waals surface area contributed by atoms with Crippen LogP contribution in [0, 0.1) is 0 Å². The highest BCUT2D eigenvalue weighted by atomic mass is 19.4. The van der Waals surface area contributed by atoms with Crippen molar-refractivity contribution in [2.24, 2.45) is 0 Å². The molecule has 1 heterocycles. The summed E-state index contributed by atoms with van der Waals surface area (Å²) < 4.78 is 45.2.